The van der Waals surface area contributed by atoms with Gasteiger partial charge in [0.05, 0.1) is 18.2 Å². The van der Waals surface area contributed by atoms with E-state index < -0.39 is 0 Å². The molecule has 0 aliphatic heterocycles. The molecular weight excluding hydrogens is 290 g/mol. The van der Waals surface area contributed by atoms with Gasteiger partial charge in [0.25, 0.3) is 0 Å². The number of nitrogens with one attached hydrogen (secondary N) is 1. The molecule has 4 rings (SSSR count). The summed E-state index contributed by atoms with van der Waals surface area (Å²) in [5.41, 5.74) is 8.97. The van der Waals surface area contributed by atoms with E-state index in [4.69, 9.17) is 10.2 Å². The first-order valence-corrected chi connectivity index (χ1v) is 6.94. The number of fused-ring (bicyclic) bond motifs is 1. The number of pyridine rings is 1. The molecule has 3 aromatic heterocycles. The Morgan fingerprint density at radius 1 is 1.22 bits per heavy atom. The van der Waals surface area contributed by atoms with Gasteiger partial charge in [0.15, 0.2) is 5.76 Å². The maximum Gasteiger partial charge on any atom is 0.153 e. The summed E-state index contributed by atoms with van der Waals surface area (Å²) in [6.45, 7) is 0. The highest BCUT2D eigenvalue weighted by atomic mass is 16.3. The fraction of sp³-hybridized carbons (Fsp3) is 0. The van der Waals surface area contributed by atoms with Gasteiger partial charge in [-0.3, -0.25) is 0 Å². The maximum absolute atomic E-state index is 9.35. The minimum atomic E-state index is 0.162. The Morgan fingerprint density at radius 2 is 2.09 bits per heavy atom. The second-order valence-corrected chi connectivity index (χ2v) is 5.04. The van der Waals surface area contributed by atoms with E-state index in [1.807, 2.05) is 30.3 Å². The SMILES string of the molecule is N#Cc1c(-c2cnc[nH]2)cc(-c2cc3ccccc3o2)nc1N. The molecule has 0 atom stereocenters. The molecule has 0 aliphatic carbocycles. The van der Waals surface area contributed by atoms with Crippen molar-refractivity contribution in [2.24, 2.45) is 0 Å². The summed E-state index contributed by atoms with van der Waals surface area (Å²) in [6.07, 6.45) is 3.19. The molecule has 110 valence electrons. The van der Waals surface area contributed by atoms with Gasteiger partial charge in [-0.25, -0.2) is 9.97 Å². The third kappa shape index (κ3) is 2.12. The van der Waals surface area contributed by atoms with Crippen LogP contribution in [0.15, 0.2) is 53.3 Å². The van der Waals surface area contributed by atoms with Gasteiger partial charge in [-0.2, -0.15) is 5.26 Å². The van der Waals surface area contributed by atoms with Crippen LogP contribution in [0.1, 0.15) is 5.56 Å². The zero-order valence-corrected chi connectivity index (χ0v) is 11.9. The Bertz CT molecular complexity index is 1010. The summed E-state index contributed by atoms with van der Waals surface area (Å²) in [7, 11) is 0. The van der Waals surface area contributed by atoms with Crippen molar-refractivity contribution in [2.75, 3.05) is 5.73 Å². The number of para-hydroxylation sites is 1. The number of nitrogen functional groups attached to an aromatic ring is 1. The number of anilines is 1. The van der Waals surface area contributed by atoms with Crippen LogP contribution in [-0.4, -0.2) is 15.0 Å². The molecule has 0 bridgehead atoms. The van der Waals surface area contributed by atoms with Gasteiger partial charge in [0.1, 0.15) is 28.7 Å². The minimum absolute atomic E-state index is 0.162. The highest BCUT2D eigenvalue weighted by Crippen LogP contribution is 2.32. The van der Waals surface area contributed by atoms with Crippen molar-refractivity contribution >= 4 is 16.8 Å². The molecule has 4 aromatic rings. The Labute approximate surface area is 131 Å². The zero-order valence-electron chi connectivity index (χ0n) is 11.9. The van der Waals surface area contributed by atoms with E-state index in [0.29, 0.717) is 28.3 Å². The molecule has 0 fully saturated rings. The zero-order chi connectivity index (χ0) is 15.8. The monoisotopic (exact) mass is 301 g/mol. The Hall–Kier alpha value is -3.59. The van der Waals surface area contributed by atoms with Crippen molar-refractivity contribution in [1.29, 1.82) is 5.26 Å². The number of aromatic amines is 1. The van der Waals surface area contributed by atoms with E-state index in [1.165, 1.54) is 0 Å². The molecule has 3 N–H and O–H groups in total. The number of benzene rings is 1. The van der Waals surface area contributed by atoms with Crippen LogP contribution >= 0.6 is 0 Å². The number of furan rings is 1. The predicted octanol–water partition coefficient (Wildman–Crippen LogP) is 3.34. The van der Waals surface area contributed by atoms with E-state index in [1.54, 1.807) is 18.6 Å². The smallest absolute Gasteiger partial charge is 0.153 e. The second kappa shape index (κ2) is 5.00. The molecule has 1 aromatic carbocycles. The molecule has 0 amide bonds. The van der Waals surface area contributed by atoms with Gasteiger partial charge in [0, 0.05) is 10.9 Å². The molecule has 0 unspecified atom stereocenters. The van der Waals surface area contributed by atoms with E-state index in [9.17, 15) is 5.26 Å². The van der Waals surface area contributed by atoms with Crippen molar-refractivity contribution in [3.8, 4) is 28.8 Å². The highest BCUT2D eigenvalue weighted by molar-refractivity contribution is 5.84. The molecule has 0 radical (unpaired) electrons. The van der Waals surface area contributed by atoms with Crippen LogP contribution in [-0.2, 0) is 0 Å². The Kier molecular flexibility index (Phi) is 2.85. The lowest BCUT2D eigenvalue weighted by Gasteiger charge is -2.06. The highest BCUT2D eigenvalue weighted by Gasteiger charge is 2.16. The number of hydrogen-bond donors (Lipinski definition) is 2. The molecule has 0 saturated carbocycles. The normalized spacial score (nSPS) is 10.7. The van der Waals surface area contributed by atoms with Gasteiger partial charge in [-0.05, 0) is 18.2 Å². The fourth-order valence-corrected chi connectivity index (χ4v) is 2.53. The Morgan fingerprint density at radius 3 is 2.83 bits per heavy atom. The van der Waals surface area contributed by atoms with Crippen LogP contribution in [0.2, 0.25) is 0 Å². The molecule has 6 nitrogen and oxygen atoms in total. The summed E-state index contributed by atoms with van der Waals surface area (Å²) < 4.78 is 5.83. The lowest BCUT2D eigenvalue weighted by Crippen LogP contribution is -1.99. The number of nitrogens with two attached hydrogens (primary N) is 1. The van der Waals surface area contributed by atoms with Crippen LogP contribution in [0, 0.1) is 11.3 Å². The van der Waals surface area contributed by atoms with Crippen molar-refractivity contribution < 1.29 is 4.42 Å². The number of aromatic nitrogens is 3. The fourth-order valence-electron chi connectivity index (χ4n) is 2.53. The van der Waals surface area contributed by atoms with Crippen molar-refractivity contribution in [1.82, 2.24) is 15.0 Å². The van der Waals surface area contributed by atoms with Crippen LogP contribution in [0.3, 0.4) is 0 Å². The van der Waals surface area contributed by atoms with Gasteiger partial charge in [-0.15, -0.1) is 0 Å². The third-order valence-electron chi connectivity index (χ3n) is 3.63. The third-order valence-corrected chi connectivity index (χ3v) is 3.63. The van der Waals surface area contributed by atoms with Gasteiger partial charge < -0.3 is 15.1 Å². The molecular formula is C17H11N5O. The summed E-state index contributed by atoms with van der Waals surface area (Å²) in [4.78, 5) is 11.3. The molecule has 3 heterocycles. The quantitative estimate of drug-likeness (QED) is 0.591. The first kappa shape index (κ1) is 13.1. The first-order chi connectivity index (χ1) is 11.3. The number of H-pyrrole nitrogens is 1. The number of nitriles is 1. The lowest BCUT2D eigenvalue weighted by molar-refractivity contribution is 0.629. The average molecular weight is 301 g/mol. The van der Waals surface area contributed by atoms with Crippen LogP contribution in [0.5, 0.6) is 0 Å². The van der Waals surface area contributed by atoms with E-state index in [0.717, 1.165) is 11.0 Å². The van der Waals surface area contributed by atoms with E-state index >= 15 is 0 Å². The number of rotatable bonds is 2. The van der Waals surface area contributed by atoms with Crippen LogP contribution in [0.25, 0.3) is 33.7 Å². The second-order valence-electron chi connectivity index (χ2n) is 5.04. The summed E-state index contributed by atoms with van der Waals surface area (Å²) in [5, 5.41) is 10.3. The standard InChI is InChI=1S/C17H11N5O/c18-7-12-11(14-8-20-9-21-14)6-13(22-17(12)19)16-5-10-3-1-2-4-15(10)23-16/h1-6,8-9H,(H2,19,22)(H,20,21). The van der Waals surface area contributed by atoms with Gasteiger partial charge in [-0.1, -0.05) is 18.2 Å². The first-order valence-electron chi connectivity index (χ1n) is 6.94. The molecule has 23 heavy (non-hydrogen) atoms. The number of imidazole rings is 1. The number of hydrogen-bond acceptors (Lipinski definition) is 5. The molecule has 0 saturated heterocycles. The van der Waals surface area contributed by atoms with E-state index in [2.05, 4.69) is 21.0 Å². The molecule has 6 heteroatoms. The van der Waals surface area contributed by atoms with Gasteiger partial charge in [0.2, 0.25) is 0 Å². The van der Waals surface area contributed by atoms with Crippen LogP contribution < -0.4 is 5.73 Å². The summed E-state index contributed by atoms with van der Waals surface area (Å²) in [5.74, 6) is 0.762. The Balaban J connectivity index is 1.94. The number of nitrogens with zero attached hydrogens (tertiary/aromatic N) is 3. The maximum atomic E-state index is 9.35. The van der Waals surface area contributed by atoms with Crippen molar-refractivity contribution in [2.45, 2.75) is 0 Å². The largest absolute Gasteiger partial charge is 0.454 e. The predicted molar refractivity (Wildman–Crippen MR) is 86.2 cm³/mol. The summed E-state index contributed by atoms with van der Waals surface area (Å²) >= 11 is 0. The van der Waals surface area contributed by atoms with Crippen molar-refractivity contribution in [3.05, 3.63) is 54.5 Å². The molecule has 0 spiro atoms. The summed E-state index contributed by atoms with van der Waals surface area (Å²) in [6, 6.07) is 13.5. The topological polar surface area (TPSA) is 105 Å². The average Bonchev–Trinajstić information content (AvgIpc) is 3.23. The van der Waals surface area contributed by atoms with Crippen molar-refractivity contribution in [3.63, 3.8) is 0 Å². The van der Waals surface area contributed by atoms with Gasteiger partial charge >= 0.3 is 0 Å². The van der Waals surface area contributed by atoms with E-state index in [-0.39, 0.29) is 5.82 Å². The lowest BCUT2D eigenvalue weighted by atomic mass is 10.1. The van der Waals surface area contributed by atoms with Crippen LogP contribution in [0.4, 0.5) is 5.82 Å². The minimum Gasteiger partial charge on any atom is -0.454 e. The molecule has 0 aliphatic rings.